The average Bonchev–Trinajstić information content (AvgIpc) is 3.10. The van der Waals surface area contributed by atoms with Crippen molar-refractivity contribution in [3.8, 4) is 11.3 Å². The minimum absolute atomic E-state index is 0.124. The van der Waals surface area contributed by atoms with Crippen LogP contribution in [0.15, 0.2) is 54.7 Å². The number of carbonyl (C=O) groups excluding carboxylic acids is 1. The number of carbonyl (C=O) groups is 1. The van der Waals surface area contributed by atoms with E-state index >= 15 is 0 Å². The van der Waals surface area contributed by atoms with Crippen molar-refractivity contribution >= 4 is 22.8 Å². The van der Waals surface area contributed by atoms with Gasteiger partial charge in [0.15, 0.2) is 0 Å². The topological polar surface area (TPSA) is 84.1 Å². The van der Waals surface area contributed by atoms with E-state index in [1.54, 1.807) is 11.1 Å². The highest BCUT2D eigenvalue weighted by Gasteiger charge is 2.25. The normalized spacial score (nSPS) is 17.0. The molecule has 0 aliphatic carbocycles. The number of amides is 2. The highest BCUT2D eigenvalue weighted by atomic mass is 16.2. The number of nitrogens with one attached hydrogen (secondary N) is 1. The molecular weight excluding hydrogens is 314 g/mol. The van der Waals surface area contributed by atoms with Gasteiger partial charge in [-0.1, -0.05) is 36.4 Å². The summed E-state index contributed by atoms with van der Waals surface area (Å²) in [7, 11) is 0. The summed E-state index contributed by atoms with van der Waals surface area (Å²) in [5.41, 5.74) is 7.25. The van der Waals surface area contributed by atoms with Gasteiger partial charge in [0.25, 0.3) is 0 Å². The van der Waals surface area contributed by atoms with Gasteiger partial charge in [-0.2, -0.15) is 0 Å². The Kier molecular flexibility index (Phi) is 3.93. The molecule has 6 heteroatoms. The fourth-order valence-electron chi connectivity index (χ4n) is 3.20. The Balaban J connectivity index is 1.55. The zero-order valence-corrected chi connectivity index (χ0v) is 13.7. The third-order valence-corrected chi connectivity index (χ3v) is 4.53. The summed E-state index contributed by atoms with van der Waals surface area (Å²) in [5.74, 6) is 0.571. The second-order valence-electron chi connectivity index (χ2n) is 6.24. The van der Waals surface area contributed by atoms with Gasteiger partial charge in [0.1, 0.15) is 0 Å². The summed E-state index contributed by atoms with van der Waals surface area (Å²) >= 11 is 0. The molecule has 1 saturated heterocycles. The predicted octanol–water partition coefficient (Wildman–Crippen LogP) is 2.86. The van der Waals surface area contributed by atoms with Crippen LogP contribution < -0.4 is 11.1 Å². The van der Waals surface area contributed by atoms with Crippen LogP contribution in [-0.4, -0.2) is 40.0 Å². The third kappa shape index (κ3) is 3.24. The van der Waals surface area contributed by atoms with Crippen molar-refractivity contribution in [3.63, 3.8) is 0 Å². The Morgan fingerprint density at radius 1 is 1.16 bits per heavy atom. The number of benzene rings is 2. The average molecular weight is 333 g/mol. The molecular formula is C19H19N5O. The van der Waals surface area contributed by atoms with Crippen LogP contribution in [0.3, 0.4) is 0 Å². The quantitative estimate of drug-likeness (QED) is 0.772. The lowest BCUT2D eigenvalue weighted by molar-refractivity contribution is 0.218. The maximum atomic E-state index is 11.2. The number of hydrogen-bond donors (Lipinski definition) is 2. The van der Waals surface area contributed by atoms with Crippen molar-refractivity contribution in [2.45, 2.75) is 12.5 Å². The lowest BCUT2D eigenvalue weighted by atomic mass is 10.1. The van der Waals surface area contributed by atoms with Crippen molar-refractivity contribution in [1.82, 2.24) is 14.9 Å². The number of nitrogens with zero attached hydrogens (tertiary/aromatic N) is 3. The lowest BCUT2D eigenvalue weighted by Crippen LogP contribution is -2.35. The van der Waals surface area contributed by atoms with Crippen LogP contribution in [0.1, 0.15) is 6.42 Å². The summed E-state index contributed by atoms with van der Waals surface area (Å²) < 4.78 is 0. The summed E-state index contributed by atoms with van der Waals surface area (Å²) in [6, 6.07) is 16.2. The number of hydrogen-bond acceptors (Lipinski definition) is 4. The third-order valence-electron chi connectivity index (χ3n) is 4.53. The van der Waals surface area contributed by atoms with E-state index in [9.17, 15) is 4.79 Å². The minimum atomic E-state index is -0.380. The van der Waals surface area contributed by atoms with Gasteiger partial charge in [-0.05, 0) is 29.3 Å². The number of rotatable bonds is 3. The fourth-order valence-corrected chi connectivity index (χ4v) is 3.20. The van der Waals surface area contributed by atoms with E-state index in [1.165, 1.54) is 10.8 Å². The van der Waals surface area contributed by atoms with Crippen LogP contribution in [0.2, 0.25) is 0 Å². The van der Waals surface area contributed by atoms with E-state index in [1.807, 2.05) is 18.2 Å². The Labute approximate surface area is 145 Å². The molecule has 1 fully saturated rings. The van der Waals surface area contributed by atoms with Gasteiger partial charge < -0.3 is 16.0 Å². The molecule has 1 atom stereocenters. The van der Waals surface area contributed by atoms with Crippen molar-refractivity contribution in [2.24, 2.45) is 5.73 Å². The SMILES string of the molecule is NC(=O)N1CC[C@H](Nc2nccc(-c3ccc4ccccc4c3)n2)C1. The number of primary amides is 1. The van der Waals surface area contributed by atoms with Gasteiger partial charge >= 0.3 is 6.03 Å². The molecule has 2 aromatic carbocycles. The van der Waals surface area contributed by atoms with Gasteiger partial charge in [0.05, 0.1) is 5.69 Å². The smallest absolute Gasteiger partial charge is 0.314 e. The van der Waals surface area contributed by atoms with Crippen molar-refractivity contribution < 1.29 is 4.79 Å². The molecule has 1 aliphatic heterocycles. The summed E-state index contributed by atoms with van der Waals surface area (Å²) in [6.07, 6.45) is 2.59. The number of urea groups is 1. The van der Waals surface area contributed by atoms with Crippen molar-refractivity contribution in [1.29, 1.82) is 0 Å². The molecule has 25 heavy (non-hydrogen) atoms. The summed E-state index contributed by atoms with van der Waals surface area (Å²) in [5, 5.41) is 5.69. The monoisotopic (exact) mass is 333 g/mol. The number of fused-ring (bicyclic) bond motifs is 1. The van der Waals surface area contributed by atoms with Crippen molar-refractivity contribution in [3.05, 3.63) is 54.7 Å². The van der Waals surface area contributed by atoms with Gasteiger partial charge in [0, 0.05) is 30.9 Å². The molecule has 0 saturated carbocycles. The van der Waals surface area contributed by atoms with Crippen LogP contribution in [0.25, 0.3) is 22.0 Å². The standard InChI is InChI=1S/C19H19N5O/c20-18(25)24-10-8-16(12-24)22-19-21-9-7-17(23-19)15-6-5-13-3-1-2-4-14(13)11-15/h1-7,9,11,16H,8,10,12H2,(H2,20,25)(H,21,22,23)/t16-/m0/s1. The second-order valence-corrected chi connectivity index (χ2v) is 6.24. The lowest BCUT2D eigenvalue weighted by Gasteiger charge is -2.15. The molecule has 0 radical (unpaired) electrons. The zero-order valence-electron chi connectivity index (χ0n) is 13.7. The number of nitrogens with two attached hydrogens (primary N) is 1. The van der Waals surface area contributed by atoms with Gasteiger partial charge in [-0.3, -0.25) is 0 Å². The van der Waals surface area contributed by atoms with E-state index in [0.717, 1.165) is 17.7 Å². The number of anilines is 1. The van der Waals surface area contributed by atoms with Crippen LogP contribution >= 0.6 is 0 Å². The maximum absolute atomic E-state index is 11.2. The van der Waals surface area contributed by atoms with Gasteiger partial charge in [-0.25, -0.2) is 14.8 Å². The van der Waals surface area contributed by atoms with Gasteiger partial charge in [0.2, 0.25) is 5.95 Å². The van der Waals surface area contributed by atoms with Crippen LogP contribution in [0, 0.1) is 0 Å². The molecule has 1 aliphatic rings. The van der Waals surface area contributed by atoms with Crippen molar-refractivity contribution in [2.75, 3.05) is 18.4 Å². The highest BCUT2D eigenvalue weighted by Crippen LogP contribution is 2.24. The maximum Gasteiger partial charge on any atom is 0.314 e. The molecule has 0 spiro atoms. The molecule has 0 unspecified atom stereocenters. The Hall–Kier alpha value is -3.15. The molecule has 3 aromatic rings. The number of aromatic nitrogens is 2. The van der Waals surface area contributed by atoms with Crippen LogP contribution in [-0.2, 0) is 0 Å². The van der Waals surface area contributed by atoms with E-state index in [4.69, 9.17) is 5.73 Å². The molecule has 1 aromatic heterocycles. The predicted molar refractivity (Wildman–Crippen MR) is 98.2 cm³/mol. The first kappa shape index (κ1) is 15.4. The first-order valence-electron chi connectivity index (χ1n) is 8.32. The van der Waals surface area contributed by atoms with E-state index in [0.29, 0.717) is 19.0 Å². The number of likely N-dealkylation sites (tertiary alicyclic amines) is 1. The highest BCUT2D eigenvalue weighted by molar-refractivity contribution is 5.86. The Morgan fingerprint density at radius 3 is 2.80 bits per heavy atom. The zero-order chi connectivity index (χ0) is 17.2. The molecule has 126 valence electrons. The van der Waals surface area contributed by atoms with E-state index in [-0.39, 0.29) is 12.1 Å². The largest absolute Gasteiger partial charge is 0.351 e. The molecule has 6 nitrogen and oxygen atoms in total. The first-order chi connectivity index (χ1) is 12.2. The molecule has 3 N–H and O–H groups in total. The molecule has 4 rings (SSSR count). The molecule has 2 heterocycles. The second kappa shape index (κ2) is 6.39. The Morgan fingerprint density at radius 2 is 2.00 bits per heavy atom. The van der Waals surface area contributed by atoms with Crippen LogP contribution in [0.4, 0.5) is 10.7 Å². The van der Waals surface area contributed by atoms with Crippen LogP contribution in [0.5, 0.6) is 0 Å². The fraction of sp³-hybridized carbons (Fsp3) is 0.211. The van der Waals surface area contributed by atoms with E-state index < -0.39 is 0 Å². The minimum Gasteiger partial charge on any atom is -0.351 e. The van der Waals surface area contributed by atoms with Gasteiger partial charge in [-0.15, -0.1) is 0 Å². The van der Waals surface area contributed by atoms with E-state index in [2.05, 4.69) is 45.6 Å². The molecule has 0 bridgehead atoms. The Bertz CT molecular complexity index is 926. The summed E-state index contributed by atoms with van der Waals surface area (Å²) in [4.78, 5) is 21.8. The first-order valence-corrected chi connectivity index (χ1v) is 8.32. The summed E-state index contributed by atoms with van der Waals surface area (Å²) in [6.45, 7) is 1.25. The molecule has 2 amide bonds.